The Labute approximate surface area is 171 Å². The second kappa shape index (κ2) is 12.1. The minimum atomic E-state index is 0. The average molecular weight is 474 g/mol. The number of thiophene rings is 1. The van der Waals surface area contributed by atoms with E-state index >= 15 is 0 Å². The molecule has 0 unspecified atom stereocenters. The predicted molar refractivity (Wildman–Crippen MR) is 116 cm³/mol. The summed E-state index contributed by atoms with van der Waals surface area (Å²) in [6.45, 7) is 8.34. The van der Waals surface area contributed by atoms with Gasteiger partial charge in [0, 0.05) is 30.2 Å². The summed E-state index contributed by atoms with van der Waals surface area (Å²) in [5.74, 6) is 1.48. The number of aliphatic imine (C=N–C) groups is 1. The Morgan fingerprint density at radius 3 is 2.72 bits per heavy atom. The molecule has 2 aromatic heterocycles. The van der Waals surface area contributed by atoms with Crippen LogP contribution in [0.5, 0.6) is 5.88 Å². The molecule has 25 heavy (non-hydrogen) atoms. The summed E-state index contributed by atoms with van der Waals surface area (Å²) in [6, 6.07) is 8.13. The van der Waals surface area contributed by atoms with Gasteiger partial charge in [-0.25, -0.2) is 9.98 Å². The van der Waals surface area contributed by atoms with E-state index in [2.05, 4.69) is 45.0 Å². The van der Waals surface area contributed by atoms with Crippen LogP contribution in [0.4, 0.5) is 0 Å². The predicted octanol–water partition coefficient (Wildman–Crippen LogP) is 3.85. The SMILES string of the molecule is CCNC(=NCc1ccc(OC(C)C)nc1)NCCc1cccs1.I. The van der Waals surface area contributed by atoms with Crippen molar-refractivity contribution < 1.29 is 4.74 Å². The number of aromatic nitrogens is 1. The highest BCUT2D eigenvalue weighted by molar-refractivity contribution is 14.0. The average Bonchev–Trinajstić information content (AvgIpc) is 3.07. The van der Waals surface area contributed by atoms with E-state index in [-0.39, 0.29) is 30.1 Å². The van der Waals surface area contributed by atoms with Gasteiger partial charge < -0.3 is 15.4 Å². The number of halogens is 1. The fourth-order valence-corrected chi connectivity index (χ4v) is 2.80. The van der Waals surface area contributed by atoms with Crippen LogP contribution in [-0.4, -0.2) is 30.1 Å². The molecular formula is C18H27IN4OS. The number of guanidine groups is 1. The molecular weight excluding hydrogens is 447 g/mol. The topological polar surface area (TPSA) is 58.5 Å². The summed E-state index contributed by atoms with van der Waals surface area (Å²) in [5, 5.41) is 8.74. The lowest BCUT2D eigenvalue weighted by Gasteiger charge is -2.11. The smallest absolute Gasteiger partial charge is 0.213 e. The highest BCUT2D eigenvalue weighted by Crippen LogP contribution is 2.10. The molecule has 2 heterocycles. The molecule has 2 rings (SSSR count). The molecule has 5 nitrogen and oxygen atoms in total. The van der Waals surface area contributed by atoms with Crippen LogP contribution in [0.25, 0.3) is 0 Å². The van der Waals surface area contributed by atoms with Crippen molar-refractivity contribution in [1.82, 2.24) is 15.6 Å². The van der Waals surface area contributed by atoms with E-state index < -0.39 is 0 Å². The van der Waals surface area contributed by atoms with Gasteiger partial charge in [-0.2, -0.15) is 0 Å². The minimum absolute atomic E-state index is 0. The third-order valence-electron chi connectivity index (χ3n) is 3.16. The molecule has 2 N–H and O–H groups in total. The Balaban J connectivity index is 0.00000312. The minimum Gasteiger partial charge on any atom is -0.475 e. The van der Waals surface area contributed by atoms with Crippen LogP contribution >= 0.6 is 35.3 Å². The first kappa shape index (κ1) is 21.7. The summed E-state index contributed by atoms with van der Waals surface area (Å²) < 4.78 is 5.55. The summed E-state index contributed by atoms with van der Waals surface area (Å²) in [6.07, 6.45) is 2.95. The van der Waals surface area contributed by atoms with Gasteiger partial charge >= 0.3 is 0 Å². The third-order valence-corrected chi connectivity index (χ3v) is 4.10. The van der Waals surface area contributed by atoms with Crippen LogP contribution in [0, 0.1) is 0 Å². The lowest BCUT2D eigenvalue weighted by atomic mass is 10.3. The number of nitrogens with zero attached hydrogens (tertiary/aromatic N) is 2. The molecule has 2 aromatic rings. The first-order chi connectivity index (χ1) is 11.7. The molecule has 0 aliphatic rings. The maximum atomic E-state index is 5.55. The van der Waals surface area contributed by atoms with E-state index in [4.69, 9.17) is 4.74 Å². The third kappa shape index (κ3) is 8.53. The summed E-state index contributed by atoms with van der Waals surface area (Å²) in [4.78, 5) is 10.3. The molecule has 0 saturated carbocycles. The van der Waals surface area contributed by atoms with Gasteiger partial charge in [-0.15, -0.1) is 35.3 Å². The molecule has 0 saturated heterocycles. The van der Waals surface area contributed by atoms with Gasteiger partial charge in [0.05, 0.1) is 12.6 Å². The lowest BCUT2D eigenvalue weighted by Crippen LogP contribution is -2.38. The van der Waals surface area contributed by atoms with Gasteiger partial charge in [-0.1, -0.05) is 12.1 Å². The normalized spacial score (nSPS) is 11.1. The molecule has 0 spiro atoms. The van der Waals surface area contributed by atoms with Crippen molar-refractivity contribution in [2.24, 2.45) is 4.99 Å². The van der Waals surface area contributed by atoms with Crippen LogP contribution in [0.3, 0.4) is 0 Å². The van der Waals surface area contributed by atoms with Crippen LogP contribution in [0.2, 0.25) is 0 Å². The second-order valence-corrected chi connectivity index (χ2v) is 6.65. The number of rotatable bonds is 8. The number of pyridine rings is 1. The molecule has 7 heteroatoms. The van der Waals surface area contributed by atoms with Crippen molar-refractivity contribution in [3.8, 4) is 5.88 Å². The second-order valence-electron chi connectivity index (χ2n) is 5.62. The van der Waals surface area contributed by atoms with E-state index in [1.807, 2.05) is 32.2 Å². The first-order valence-corrected chi connectivity index (χ1v) is 9.21. The molecule has 0 bridgehead atoms. The Bertz CT molecular complexity index is 615. The van der Waals surface area contributed by atoms with Crippen molar-refractivity contribution in [3.63, 3.8) is 0 Å². The molecule has 0 fully saturated rings. The monoisotopic (exact) mass is 474 g/mol. The number of hydrogen-bond acceptors (Lipinski definition) is 4. The standard InChI is InChI=1S/C18H26N4OS.HI/c1-4-19-18(20-10-9-16-6-5-11-24-16)22-13-15-7-8-17(21-12-15)23-14(2)3;/h5-8,11-12,14H,4,9-10,13H2,1-3H3,(H2,19,20,22);1H. The van der Waals surface area contributed by atoms with Gasteiger partial charge in [0.1, 0.15) is 0 Å². The van der Waals surface area contributed by atoms with Gasteiger partial charge in [-0.05, 0) is 44.2 Å². The van der Waals surface area contributed by atoms with Crippen LogP contribution in [-0.2, 0) is 13.0 Å². The first-order valence-electron chi connectivity index (χ1n) is 8.33. The van der Waals surface area contributed by atoms with Crippen LogP contribution in [0.15, 0.2) is 40.8 Å². The number of ether oxygens (including phenoxy) is 1. The molecule has 0 radical (unpaired) electrons. The Kier molecular flexibility index (Phi) is 10.5. The van der Waals surface area contributed by atoms with Gasteiger partial charge in [0.15, 0.2) is 5.96 Å². The Morgan fingerprint density at radius 1 is 1.28 bits per heavy atom. The Hall–Kier alpha value is -1.35. The fraction of sp³-hybridized carbons (Fsp3) is 0.444. The quantitative estimate of drug-likeness (QED) is 0.347. The van der Waals surface area contributed by atoms with Crippen molar-refractivity contribution in [1.29, 1.82) is 0 Å². The zero-order chi connectivity index (χ0) is 17.2. The highest BCUT2D eigenvalue weighted by Gasteiger charge is 2.01. The zero-order valence-corrected chi connectivity index (χ0v) is 18.1. The zero-order valence-electron chi connectivity index (χ0n) is 15.0. The van der Waals surface area contributed by atoms with Crippen molar-refractivity contribution in [2.75, 3.05) is 13.1 Å². The van der Waals surface area contributed by atoms with E-state index in [1.165, 1.54) is 4.88 Å². The fourth-order valence-electron chi connectivity index (χ4n) is 2.09. The summed E-state index contributed by atoms with van der Waals surface area (Å²) in [5.41, 5.74) is 1.06. The van der Waals surface area contributed by atoms with E-state index in [0.29, 0.717) is 12.4 Å². The van der Waals surface area contributed by atoms with Gasteiger partial charge in [0.2, 0.25) is 5.88 Å². The van der Waals surface area contributed by atoms with Crippen molar-refractivity contribution in [3.05, 3.63) is 46.3 Å². The van der Waals surface area contributed by atoms with Crippen LogP contribution in [0.1, 0.15) is 31.2 Å². The molecule has 138 valence electrons. The highest BCUT2D eigenvalue weighted by atomic mass is 127. The maximum absolute atomic E-state index is 5.55. The maximum Gasteiger partial charge on any atom is 0.213 e. The lowest BCUT2D eigenvalue weighted by molar-refractivity contribution is 0.232. The molecule has 0 aliphatic carbocycles. The molecule has 0 atom stereocenters. The van der Waals surface area contributed by atoms with E-state index in [9.17, 15) is 0 Å². The molecule has 0 aliphatic heterocycles. The van der Waals surface area contributed by atoms with Gasteiger partial charge in [0.25, 0.3) is 0 Å². The van der Waals surface area contributed by atoms with Crippen LogP contribution < -0.4 is 15.4 Å². The van der Waals surface area contributed by atoms with E-state index in [1.54, 1.807) is 11.3 Å². The van der Waals surface area contributed by atoms with E-state index in [0.717, 1.165) is 31.0 Å². The largest absolute Gasteiger partial charge is 0.475 e. The Morgan fingerprint density at radius 2 is 2.12 bits per heavy atom. The number of nitrogens with one attached hydrogen (secondary N) is 2. The number of hydrogen-bond donors (Lipinski definition) is 2. The molecule has 0 amide bonds. The summed E-state index contributed by atoms with van der Waals surface area (Å²) in [7, 11) is 0. The van der Waals surface area contributed by atoms with Crippen molar-refractivity contribution in [2.45, 2.75) is 39.8 Å². The van der Waals surface area contributed by atoms with Crippen molar-refractivity contribution >= 4 is 41.3 Å². The summed E-state index contributed by atoms with van der Waals surface area (Å²) >= 11 is 1.78. The van der Waals surface area contributed by atoms with Gasteiger partial charge in [-0.3, -0.25) is 0 Å². The molecule has 0 aromatic carbocycles.